The Hall–Kier alpha value is -2.66. The van der Waals surface area contributed by atoms with E-state index in [9.17, 15) is 9.59 Å². The molecule has 0 spiro atoms. The summed E-state index contributed by atoms with van der Waals surface area (Å²) in [5, 5.41) is 0. The molecule has 154 valence electrons. The summed E-state index contributed by atoms with van der Waals surface area (Å²) in [5.41, 5.74) is 2.22. The van der Waals surface area contributed by atoms with Gasteiger partial charge in [-0.25, -0.2) is 4.79 Å². The summed E-state index contributed by atoms with van der Waals surface area (Å²) in [6.45, 7) is 2.89. The van der Waals surface area contributed by atoms with Crippen LogP contribution < -0.4 is 0 Å². The largest absolute Gasteiger partial charge is 0.467 e. The molecule has 2 aromatic carbocycles. The molecule has 3 atom stereocenters. The maximum atomic E-state index is 13.1. The molecule has 1 aliphatic heterocycles. The first-order chi connectivity index (χ1) is 14.1. The van der Waals surface area contributed by atoms with Gasteiger partial charge in [0.2, 0.25) is 5.91 Å². The Labute approximate surface area is 172 Å². The first kappa shape index (κ1) is 21.1. The molecule has 0 saturated carbocycles. The highest BCUT2D eigenvalue weighted by Crippen LogP contribution is 2.27. The minimum absolute atomic E-state index is 0.0676. The lowest BCUT2D eigenvalue weighted by molar-refractivity contribution is -0.151. The van der Waals surface area contributed by atoms with Crippen molar-refractivity contribution in [3.05, 3.63) is 71.8 Å². The number of likely N-dealkylation sites (tertiary alicyclic amines) is 1. The molecular formula is C24H29NO4. The van der Waals surface area contributed by atoms with E-state index in [1.807, 2.05) is 55.5 Å². The summed E-state index contributed by atoms with van der Waals surface area (Å²) in [6, 6.07) is 19.3. The third-order valence-corrected chi connectivity index (χ3v) is 5.50. The summed E-state index contributed by atoms with van der Waals surface area (Å²) < 4.78 is 11.0. The van der Waals surface area contributed by atoms with Crippen LogP contribution in [-0.2, 0) is 25.5 Å². The van der Waals surface area contributed by atoms with Crippen molar-refractivity contribution in [2.24, 2.45) is 0 Å². The molecule has 0 radical (unpaired) electrons. The van der Waals surface area contributed by atoms with E-state index in [0.29, 0.717) is 19.6 Å². The Kier molecular flexibility index (Phi) is 7.42. The van der Waals surface area contributed by atoms with Crippen LogP contribution in [0.15, 0.2) is 60.7 Å². The third kappa shape index (κ3) is 5.45. The summed E-state index contributed by atoms with van der Waals surface area (Å²) in [5.74, 6) is -0.767. The first-order valence-electron chi connectivity index (χ1n) is 10.2. The molecule has 1 fully saturated rings. The highest BCUT2D eigenvalue weighted by atomic mass is 16.5. The third-order valence-electron chi connectivity index (χ3n) is 5.50. The number of amides is 1. The number of rotatable bonds is 8. The number of nitrogens with zero attached hydrogens (tertiary/aromatic N) is 1. The molecule has 0 aliphatic carbocycles. The van der Waals surface area contributed by atoms with Gasteiger partial charge in [0, 0.05) is 19.6 Å². The molecule has 29 heavy (non-hydrogen) atoms. The van der Waals surface area contributed by atoms with Gasteiger partial charge in [-0.05, 0) is 30.9 Å². The monoisotopic (exact) mass is 395 g/mol. The van der Waals surface area contributed by atoms with Crippen LogP contribution in [0.1, 0.15) is 36.8 Å². The molecular weight excluding hydrogens is 366 g/mol. The molecule has 5 heteroatoms. The maximum absolute atomic E-state index is 13.1. The van der Waals surface area contributed by atoms with Gasteiger partial charge in [0.05, 0.1) is 19.1 Å². The van der Waals surface area contributed by atoms with E-state index in [-0.39, 0.29) is 23.9 Å². The highest BCUT2D eigenvalue weighted by Gasteiger charge is 2.42. The molecule has 3 rings (SSSR count). The Morgan fingerprint density at radius 2 is 1.72 bits per heavy atom. The van der Waals surface area contributed by atoms with Crippen molar-refractivity contribution in [1.29, 1.82) is 0 Å². The molecule has 0 aromatic heterocycles. The van der Waals surface area contributed by atoms with Gasteiger partial charge < -0.3 is 14.4 Å². The van der Waals surface area contributed by atoms with Crippen molar-refractivity contribution in [1.82, 2.24) is 4.90 Å². The number of carbonyl (C=O) groups excluding carboxylic acids is 2. The lowest BCUT2D eigenvalue weighted by atomic mass is 9.99. The number of ether oxygens (including phenoxy) is 2. The predicted octanol–water partition coefficient (Wildman–Crippen LogP) is 3.58. The van der Waals surface area contributed by atoms with Gasteiger partial charge in [0.25, 0.3) is 0 Å². The Morgan fingerprint density at radius 1 is 1.07 bits per heavy atom. The minimum atomic E-state index is -0.585. The fourth-order valence-electron chi connectivity index (χ4n) is 3.83. The Balaban J connectivity index is 1.57. The van der Waals surface area contributed by atoms with Gasteiger partial charge in [0.15, 0.2) is 0 Å². The van der Waals surface area contributed by atoms with E-state index in [2.05, 4.69) is 12.1 Å². The quantitative estimate of drug-likeness (QED) is 0.506. The second kappa shape index (κ2) is 10.2. The topological polar surface area (TPSA) is 55.8 Å². The van der Waals surface area contributed by atoms with Crippen molar-refractivity contribution in [3.63, 3.8) is 0 Å². The van der Waals surface area contributed by atoms with Crippen molar-refractivity contribution in [3.8, 4) is 0 Å². The van der Waals surface area contributed by atoms with Gasteiger partial charge >= 0.3 is 5.97 Å². The molecule has 1 heterocycles. The predicted molar refractivity (Wildman–Crippen MR) is 111 cm³/mol. The van der Waals surface area contributed by atoms with Crippen LogP contribution >= 0.6 is 0 Å². The molecule has 5 nitrogen and oxygen atoms in total. The van der Waals surface area contributed by atoms with Crippen LogP contribution in [0.4, 0.5) is 0 Å². The van der Waals surface area contributed by atoms with Crippen molar-refractivity contribution >= 4 is 11.9 Å². The maximum Gasteiger partial charge on any atom is 0.328 e. The first-order valence-corrected chi connectivity index (χ1v) is 10.2. The van der Waals surface area contributed by atoms with Gasteiger partial charge in [-0.3, -0.25) is 4.79 Å². The molecule has 1 unspecified atom stereocenters. The zero-order chi connectivity index (χ0) is 20.6. The summed E-state index contributed by atoms with van der Waals surface area (Å²) in [6.07, 6.45) is 2.17. The standard InChI is InChI=1S/C24H29NO4/c1-18(20-13-7-4-8-14-20)23(26)25-17-21(16-22(25)24(27)28-2)29-15-9-12-19-10-5-3-6-11-19/h3-8,10-11,13-14,18,21-22H,9,12,15-17H2,1-2H3/t18?,21-,22-/m1/s1. The zero-order valence-corrected chi connectivity index (χ0v) is 17.1. The van der Waals surface area contributed by atoms with E-state index >= 15 is 0 Å². The lowest BCUT2D eigenvalue weighted by Gasteiger charge is -2.25. The average molecular weight is 395 g/mol. The number of carbonyl (C=O) groups is 2. The molecule has 1 aliphatic rings. The van der Waals surface area contributed by atoms with Gasteiger partial charge in [0.1, 0.15) is 6.04 Å². The van der Waals surface area contributed by atoms with Crippen LogP contribution in [0.5, 0.6) is 0 Å². The van der Waals surface area contributed by atoms with Crippen molar-refractivity contribution < 1.29 is 19.1 Å². The minimum Gasteiger partial charge on any atom is -0.467 e. The second-order valence-electron chi connectivity index (χ2n) is 7.48. The van der Waals surface area contributed by atoms with E-state index in [1.54, 1.807) is 4.90 Å². The number of esters is 1. The van der Waals surface area contributed by atoms with E-state index in [1.165, 1.54) is 12.7 Å². The number of aryl methyl sites for hydroxylation is 1. The molecule has 0 bridgehead atoms. The molecule has 0 N–H and O–H groups in total. The highest BCUT2D eigenvalue weighted by molar-refractivity contribution is 5.89. The van der Waals surface area contributed by atoms with Crippen LogP contribution in [0.3, 0.4) is 0 Å². The van der Waals surface area contributed by atoms with Crippen molar-refractivity contribution in [2.45, 2.75) is 44.2 Å². The van der Waals surface area contributed by atoms with Crippen molar-refractivity contribution in [2.75, 3.05) is 20.3 Å². The normalized spacial score (nSPS) is 19.7. The lowest BCUT2D eigenvalue weighted by Crippen LogP contribution is -2.43. The second-order valence-corrected chi connectivity index (χ2v) is 7.48. The number of hydrogen-bond acceptors (Lipinski definition) is 4. The van der Waals surface area contributed by atoms with Crippen LogP contribution in [-0.4, -0.2) is 49.2 Å². The smallest absolute Gasteiger partial charge is 0.328 e. The summed E-state index contributed by atoms with van der Waals surface area (Å²) in [7, 11) is 1.36. The summed E-state index contributed by atoms with van der Waals surface area (Å²) in [4.78, 5) is 27.0. The SMILES string of the molecule is COC(=O)[C@H]1C[C@@H](OCCCc2ccccc2)CN1C(=O)C(C)c1ccccc1. The average Bonchev–Trinajstić information content (AvgIpc) is 3.20. The Bertz CT molecular complexity index is 793. The zero-order valence-electron chi connectivity index (χ0n) is 17.1. The van der Waals surface area contributed by atoms with Gasteiger partial charge in [-0.15, -0.1) is 0 Å². The fraction of sp³-hybridized carbons (Fsp3) is 0.417. The Morgan fingerprint density at radius 3 is 2.38 bits per heavy atom. The van der Waals surface area contributed by atoms with E-state index in [0.717, 1.165) is 18.4 Å². The van der Waals surface area contributed by atoms with E-state index < -0.39 is 6.04 Å². The molecule has 1 saturated heterocycles. The molecule has 1 amide bonds. The van der Waals surface area contributed by atoms with Crippen LogP contribution in [0.2, 0.25) is 0 Å². The summed E-state index contributed by atoms with van der Waals surface area (Å²) >= 11 is 0. The number of benzene rings is 2. The van der Waals surface area contributed by atoms with E-state index in [4.69, 9.17) is 9.47 Å². The number of methoxy groups -OCH3 is 1. The fourth-order valence-corrected chi connectivity index (χ4v) is 3.83. The van der Waals surface area contributed by atoms with Gasteiger partial charge in [-0.2, -0.15) is 0 Å². The van der Waals surface area contributed by atoms with Crippen LogP contribution in [0, 0.1) is 0 Å². The van der Waals surface area contributed by atoms with Crippen LogP contribution in [0.25, 0.3) is 0 Å². The van der Waals surface area contributed by atoms with Gasteiger partial charge in [-0.1, -0.05) is 60.7 Å². The molecule has 2 aromatic rings. The number of hydrogen-bond donors (Lipinski definition) is 0.